The second kappa shape index (κ2) is 9.27. The van der Waals surface area contributed by atoms with Gasteiger partial charge in [-0.2, -0.15) is 0 Å². The van der Waals surface area contributed by atoms with E-state index in [1.807, 2.05) is 30.3 Å². The Balaban J connectivity index is 1.91. The molecule has 0 aliphatic carbocycles. The number of benzene rings is 1. The van der Waals surface area contributed by atoms with E-state index < -0.39 is 5.97 Å². The van der Waals surface area contributed by atoms with Gasteiger partial charge in [0.15, 0.2) is 0 Å². The lowest BCUT2D eigenvalue weighted by atomic mass is 10.1. The quantitative estimate of drug-likeness (QED) is 0.778. The lowest BCUT2D eigenvalue weighted by Crippen LogP contribution is -2.42. The van der Waals surface area contributed by atoms with Gasteiger partial charge in [-0.25, -0.2) is 5.06 Å². The van der Waals surface area contributed by atoms with Crippen LogP contribution in [0.15, 0.2) is 30.3 Å². The smallest absolute Gasteiger partial charge is 0.303 e. The molecule has 1 aromatic carbocycles. The number of rotatable bonds is 7. The first-order chi connectivity index (χ1) is 11.2. The van der Waals surface area contributed by atoms with Crippen molar-refractivity contribution in [1.29, 1.82) is 0 Å². The molecule has 0 spiro atoms. The molecular formula is C17H23NO5. The molecule has 1 atom stereocenters. The van der Waals surface area contributed by atoms with Crippen molar-refractivity contribution in [3.8, 4) is 0 Å². The van der Waals surface area contributed by atoms with Crippen LogP contribution in [0, 0.1) is 0 Å². The van der Waals surface area contributed by atoms with Gasteiger partial charge in [0, 0.05) is 12.8 Å². The summed E-state index contributed by atoms with van der Waals surface area (Å²) in [6.45, 7) is 1.26. The monoisotopic (exact) mass is 321 g/mol. The van der Waals surface area contributed by atoms with Crippen molar-refractivity contribution in [2.24, 2.45) is 0 Å². The van der Waals surface area contributed by atoms with E-state index in [1.165, 1.54) is 5.06 Å². The molecule has 0 radical (unpaired) electrons. The molecule has 1 N–H and O–H groups in total. The molecule has 1 saturated heterocycles. The van der Waals surface area contributed by atoms with Gasteiger partial charge in [0.1, 0.15) is 0 Å². The molecule has 2 rings (SSSR count). The SMILES string of the molecule is O=C(O)CCCCC(=O)N1OCCOCC1Cc1ccccc1. The van der Waals surface area contributed by atoms with Crippen molar-refractivity contribution in [2.45, 2.75) is 38.1 Å². The maximum atomic E-state index is 12.4. The van der Waals surface area contributed by atoms with Gasteiger partial charge < -0.3 is 9.84 Å². The molecule has 1 aliphatic heterocycles. The minimum atomic E-state index is -0.834. The zero-order valence-electron chi connectivity index (χ0n) is 13.1. The van der Waals surface area contributed by atoms with Crippen molar-refractivity contribution < 1.29 is 24.3 Å². The van der Waals surface area contributed by atoms with Crippen molar-refractivity contribution in [3.63, 3.8) is 0 Å². The fourth-order valence-electron chi connectivity index (χ4n) is 2.55. The molecule has 0 aromatic heterocycles. The average molecular weight is 321 g/mol. The highest BCUT2D eigenvalue weighted by molar-refractivity contribution is 5.75. The van der Waals surface area contributed by atoms with Crippen LogP contribution in [0.2, 0.25) is 0 Å². The minimum Gasteiger partial charge on any atom is -0.481 e. The Morgan fingerprint density at radius 3 is 2.61 bits per heavy atom. The van der Waals surface area contributed by atoms with E-state index in [2.05, 4.69) is 0 Å². The third-order valence-corrected chi connectivity index (χ3v) is 3.69. The molecule has 126 valence electrons. The van der Waals surface area contributed by atoms with Crippen LogP contribution in [0.5, 0.6) is 0 Å². The number of amides is 1. The van der Waals surface area contributed by atoms with Crippen LogP contribution in [0.1, 0.15) is 31.2 Å². The molecule has 0 bridgehead atoms. The molecule has 0 saturated carbocycles. The minimum absolute atomic E-state index is 0.0880. The Labute approximate surface area is 135 Å². The van der Waals surface area contributed by atoms with Crippen LogP contribution >= 0.6 is 0 Å². The molecule has 1 aromatic rings. The van der Waals surface area contributed by atoms with E-state index >= 15 is 0 Å². The van der Waals surface area contributed by atoms with Gasteiger partial charge in [-0.15, -0.1) is 0 Å². The second-order valence-corrected chi connectivity index (χ2v) is 5.57. The van der Waals surface area contributed by atoms with E-state index in [0.717, 1.165) is 5.56 Å². The Hall–Kier alpha value is -1.92. The predicted octanol–water partition coefficient (Wildman–Crippen LogP) is 2.03. The maximum absolute atomic E-state index is 12.4. The van der Waals surface area contributed by atoms with Gasteiger partial charge in [0.2, 0.25) is 5.91 Å². The normalized spacial score (nSPS) is 18.4. The molecule has 23 heavy (non-hydrogen) atoms. The fraction of sp³-hybridized carbons (Fsp3) is 0.529. The number of unbranched alkanes of at least 4 members (excludes halogenated alkanes) is 1. The number of hydroxylamine groups is 2. The molecule has 1 fully saturated rings. The van der Waals surface area contributed by atoms with Gasteiger partial charge in [0.25, 0.3) is 0 Å². The topological polar surface area (TPSA) is 76.1 Å². The lowest BCUT2D eigenvalue weighted by Gasteiger charge is -2.28. The molecular weight excluding hydrogens is 298 g/mol. The Morgan fingerprint density at radius 2 is 1.87 bits per heavy atom. The Morgan fingerprint density at radius 1 is 1.13 bits per heavy atom. The number of carbonyl (C=O) groups is 2. The van der Waals surface area contributed by atoms with E-state index in [1.54, 1.807) is 0 Å². The number of carboxylic acids is 1. The third kappa shape index (κ3) is 6.00. The first kappa shape index (κ1) is 17.4. The second-order valence-electron chi connectivity index (χ2n) is 5.57. The highest BCUT2D eigenvalue weighted by atomic mass is 16.7. The Kier molecular flexibility index (Phi) is 7.03. The average Bonchev–Trinajstić information content (AvgIpc) is 2.78. The summed E-state index contributed by atoms with van der Waals surface area (Å²) in [7, 11) is 0. The van der Waals surface area contributed by atoms with Crippen molar-refractivity contribution >= 4 is 11.9 Å². The van der Waals surface area contributed by atoms with Crippen molar-refractivity contribution in [3.05, 3.63) is 35.9 Å². The van der Waals surface area contributed by atoms with Gasteiger partial charge >= 0.3 is 5.97 Å². The molecule has 6 nitrogen and oxygen atoms in total. The lowest BCUT2D eigenvalue weighted by molar-refractivity contribution is -0.194. The number of ether oxygens (including phenoxy) is 1. The standard InChI is InChI=1S/C17H23NO5/c19-16(8-4-5-9-17(20)21)18-15(13-22-10-11-23-18)12-14-6-2-1-3-7-14/h1-3,6-7,15H,4-5,8-13H2,(H,20,21). The highest BCUT2D eigenvalue weighted by Crippen LogP contribution is 2.15. The zero-order chi connectivity index (χ0) is 16.5. The van der Waals surface area contributed by atoms with Crippen LogP contribution in [0.3, 0.4) is 0 Å². The first-order valence-electron chi connectivity index (χ1n) is 7.95. The maximum Gasteiger partial charge on any atom is 0.303 e. The molecule has 1 aliphatic rings. The van der Waals surface area contributed by atoms with E-state index in [9.17, 15) is 9.59 Å². The molecule has 1 heterocycles. The summed E-state index contributed by atoms with van der Waals surface area (Å²) in [5.41, 5.74) is 1.12. The molecule has 1 unspecified atom stereocenters. The zero-order valence-corrected chi connectivity index (χ0v) is 13.1. The number of nitrogens with zero attached hydrogens (tertiary/aromatic N) is 1. The fourth-order valence-corrected chi connectivity index (χ4v) is 2.55. The number of carbonyl (C=O) groups excluding carboxylic acids is 1. The number of hydrogen-bond acceptors (Lipinski definition) is 4. The van der Waals surface area contributed by atoms with E-state index in [4.69, 9.17) is 14.7 Å². The summed E-state index contributed by atoms with van der Waals surface area (Å²) in [5.74, 6) is -0.944. The van der Waals surface area contributed by atoms with E-state index in [-0.39, 0.29) is 18.4 Å². The summed E-state index contributed by atoms with van der Waals surface area (Å²) in [6.07, 6.45) is 2.09. The van der Waals surface area contributed by atoms with Crippen molar-refractivity contribution in [2.75, 3.05) is 19.8 Å². The summed E-state index contributed by atoms with van der Waals surface area (Å²) < 4.78 is 5.52. The van der Waals surface area contributed by atoms with Crippen LogP contribution in [0.25, 0.3) is 0 Å². The van der Waals surface area contributed by atoms with Gasteiger partial charge in [0.05, 0.1) is 25.9 Å². The molecule has 1 amide bonds. The first-order valence-corrected chi connectivity index (χ1v) is 7.95. The van der Waals surface area contributed by atoms with Gasteiger partial charge in [-0.05, 0) is 24.8 Å². The third-order valence-electron chi connectivity index (χ3n) is 3.69. The van der Waals surface area contributed by atoms with Crippen LogP contribution < -0.4 is 0 Å². The number of aliphatic carboxylic acids is 1. The van der Waals surface area contributed by atoms with Crippen molar-refractivity contribution in [1.82, 2.24) is 5.06 Å². The van der Waals surface area contributed by atoms with Gasteiger partial charge in [-0.3, -0.25) is 14.4 Å². The summed E-state index contributed by atoms with van der Waals surface area (Å²) in [6, 6.07) is 9.75. The predicted molar refractivity (Wildman–Crippen MR) is 83.7 cm³/mol. The van der Waals surface area contributed by atoms with Gasteiger partial charge in [-0.1, -0.05) is 30.3 Å². The van der Waals surface area contributed by atoms with Crippen LogP contribution in [-0.4, -0.2) is 47.9 Å². The summed E-state index contributed by atoms with van der Waals surface area (Å²) in [5, 5.41) is 10.1. The van der Waals surface area contributed by atoms with E-state index in [0.29, 0.717) is 45.5 Å². The van der Waals surface area contributed by atoms with Crippen LogP contribution in [0.4, 0.5) is 0 Å². The Bertz CT molecular complexity index is 505. The summed E-state index contributed by atoms with van der Waals surface area (Å²) in [4.78, 5) is 28.5. The highest BCUT2D eigenvalue weighted by Gasteiger charge is 2.27. The number of hydrogen-bond donors (Lipinski definition) is 1. The molecule has 6 heteroatoms. The largest absolute Gasteiger partial charge is 0.481 e. The van der Waals surface area contributed by atoms with Crippen LogP contribution in [-0.2, 0) is 25.6 Å². The summed E-state index contributed by atoms with van der Waals surface area (Å²) >= 11 is 0. The number of carboxylic acid groups (broad SMARTS) is 1.